The number of benzene rings is 1. The SMILES string of the molecule is CCOc1ccc(NC(C)c2cccc(Cl)c2Cl)cn1. The van der Waals surface area contributed by atoms with Crippen LogP contribution in [0.5, 0.6) is 5.88 Å². The van der Waals surface area contributed by atoms with Gasteiger partial charge in [-0.05, 0) is 31.5 Å². The zero-order valence-electron chi connectivity index (χ0n) is 11.4. The Labute approximate surface area is 128 Å². The van der Waals surface area contributed by atoms with Crippen LogP contribution in [0.15, 0.2) is 36.5 Å². The quantitative estimate of drug-likeness (QED) is 0.847. The number of aromatic nitrogens is 1. The van der Waals surface area contributed by atoms with Gasteiger partial charge in [0.15, 0.2) is 0 Å². The lowest BCUT2D eigenvalue weighted by molar-refractivity contribution is 0.327. The van der Waals surface area contributed by atoms with Crippen LogP contribution in [-0.4, -0.2) is 11.6 Å². The van der Waals surface area contributed by atoms with E-state index in [2.05, 4.69) is 10.3 Å². The Kier molecular flexibility index (Phi) is 5.10. The number of halogens is 2. The van der Waals surface area contributed by atoms with Crippen LogP contribution in [0.25, 0.3) is 0 Å². The number of ether oxygens (including phenoxy) is 1. The van der Waals surface area contributed by atoms with E-state index >= 15 is 0 Å². The van der Waals surface area contributed by atoms with E-state index < -0.39 is 0 Å². The molecule has 1 heterocycles. The molecule has 0 fully saturated rings. The zero-order chi connectivity index (χ0) is 14.5. The van der Waals surface area contributed by atoms with E-state index in [1.165, 1.54) is 0 Å². The topological polar surface area (TPSA) is 34.1 Å². The maximum Gasteiger partial charge on any atom is 0.213 e. The Balaban J connectivity index is 2.11. The molecule has 3 nitrogen and oxygen atoms in total. The van der Waals surface area contributed by atoms with Crippen molar-refractivity contribution in [3.8, 4) is 5.88 Å². The molecule has 1 aromatic carbocycles. The summed E-state index contributed by atoms with van der Waals surface area (Å²) >= 11 is 12.2. The number of hydrogen-bond donors (Lipinski definition) is 1. The largest absolute Gasteiger partial charge is 0.478 e. The summed E-state index contributed by atoms with van der Waals surface area (Å²) < 4.78 is 5.31. The van der Waals surface area contributed by atoms with Crippen LogP contribution >= 0.6 is 23.2 Å². The molecule has 0 amide bonds. The molecule has 0 bridgehead atoms. The second-order valence-corrected chi connectivity index (χ2v) is 5.11. The summed E-state index contributed by atoms with van der Waals surface area (Å²) in [5, 5.41) is 4.47. The normalized spacial score (nSPS) is 12.0. The van der Waals surface area contributed by atoms with Gasteiger partial charge in [-0.3, -0.25) is 0 Å². The highest BCUT2D eigenvalue weighted by atomic mass is 35.5. The van der Waals surface area contributed by atoms with Crippen molar-refractivity contribution in [3.63, 3.8) is 0 Å². The third kappa shape index (κ3) is 3.56. The van der Waals surface area contributed by atoms with Crippen LogP contribution in [0, 0.1) is 0 Å². The molecule has 1 unspecified atom stereocenters. The van der Waals surface area contributed by atoms with E-state index in [1.807, 2.05) is 38.1 Å². The predicted octanol–water partition coefficient (Wildman–Crippen LogP) is 4.96. The van der Waals surface area contributed by atoms with Crippen LogP contribution in [0.3, 0.4) is 0 Å². The van der Waals surface area contributed by atoms with Crippen molar-refractivity contribution in [2.24, 2.45) is 0 Å². The van der Waals surface area contributed by atoms with Crippen molar-refractivity contribution in [2.75, 3.05) is 11.9 Å². The van der Waals surface area contributed by atoms with Gasteiger partial charge in [-0.1, -0.05) is 35.3 Å². The molecule has 0 spiro atoms. The molecule has 0 aliphatic heterocycles. The van der Waals surface area contributed by atoms with E-state index in [0.717, 1.165) is 11.3 Å². The van der Waals surface area contributed by atoms with Crippen molar-refractivity contribution in [2.45, 2.75) is 19.9 Å². The molecule has 0 saturated carbocycles. The number of nitrogens with zero attached hydrogens (tertiary/aromatic N) is 1. The number of hydrogen-bond acceptors (Lipinski definition) is 3. The van der Waals surface area contributed by atoms with Gasteiger partial charge in [-0.25, -0.2) is 4.98 Å². The average Bonchev–Trinajstić information content (AvgIpc) is 2.44. The van der Waals surface area contributed by atoms with Gasteiger partial charge < -0.3 is 10.1 Å². The Bertz CT molecular complexity index is 573. The molecule has 5 heteroatoms. The Morgan fingerprint density at radius 2 is 2.05 bits per heavy atom. The lowest BCUT2D eigenvalue weighted by atomic mass is 10.1. The van der Waals surface area contributed by atoms with Crippen molar-refractivity contribution < 1.29 is 4.74 Å². The highest BCUT2D eigenvalue weighted by Gasteiger charge is 2.11. The fourth-order valence-corrected chi connectivity index (χ4v) is 2.35. The van der Waals surface area contributed by atoms with E-state index in [1.54, 1.807) is 12.3 Å². The number of rotatable bonds is 5. The molecular formula is C15H16Cl2N2O. The van der Waals surface area contributed by atoms with E-state index in [4.69, 9.17) is 27.9 Å². The van der Waals surface area contributed by atoms with Crippen molar-refractivity contribution in [3.05, 3.63) is 52.1 Å². The third-order valence-corrected chi connectivity index (χ3v) is 3.69. The Morgan fingerprint density at radius 3 is 2.70 bits per heavy atom. The van der Waals surface area contributed by atoms with Crippen LogP contribution in [0.2, 0.25) is 10.0 Å². The summed E-state index contributed by atoms with van der Waals surface area (Å²) in [6.45, 7) is 4.55. The molecule has 1 aromatic heterocycles. The molecule has 0 saturated heterocycles. The van der Waals surface area contributed by atoms with Gasteiger partial charge >= 0.3 is 0 Å². The van der Waals surface area contributed by atoms with E-state index in [9.17, 15) is 0 Å². The average molecular weight is 311 g/mol. The van der Waals surface area contributed by atoms with Gasteiger partial charge in [-0.15, -0.1) is 0 Å². The molecule has 1 atom stereocenters. The molecule has 20 heavy (non-hydrogen) atoms. The Hall–Kier alpha value is -1.45. The fourth-order valence-electron chi connectivity index (χ4n) is 1.88. The maximum absolute atomic E-state index is 6.21. The van der Waals surface area contributed by atoms with Gasteiger partial charge in [-0.2, -0.15) is 0 Å². The van der Waals surface area contributed by atoms with Crippen molar-refractivity contribution >= 4 is 28.9 Å². The molecule has 0 radical (unpaired) electrons. The fraction of sp³-hybridized carbons (Fsp3) is 0.267. The standard InChI is InChI=1S/C15H16Cl2N2O/c1-3-20-14-8-7-11(9-18-14)19-10(2)12-5-4-6-13(16)15(12)17/h4-10,19H,3H2,1-2H3. The monoisotopic (exact) mass is 310 g/mol. The summed E-state index contributed by atoms with van der Waals surface area (Å²) in [4.78, 5) is 4.21. The first-order valence-corrected chi connectivity index (χ1v) is 7.16. The highest BCUT2D eigenvalue weighted by Crippen LogP contribution is 2.31. The minimum atomic E-state index is 0.0287. The van der Waals surface area contributed by atoms with Crippen LogP contribution in [0.1, 0.15) is 25.5 Å². The molecule has 0 aliphatic carbocycles. The summed E-state index contributed by atoms with van der Waals surface area (Å²) in [5.74, 6) is 0.617. The maximum atomic E-state index is 6.21. The first kappa shape index (κ1) is 14.9. The van der Waals surface area contributed by atoms with Crippen molar-refractivity contribution in [1.29, 1.82) is 0 Å². The predicted molar refractivity (Wildman–Crippen MR) is 83.9 cm³/mol. The van der Waals surface area contributed by atoms with Crippen LogP contribution < -0.4 is 10.1 Å². The van der Waals surface area contributed by atoms with Gasteiger partial charge in [0.1, 0.15) is 0 Å². The molecule has 0 aliphatic rings. The van der Waals surface area contributed by atoms with Gasteiger partial charge in [0.2, 0.25) is 5.88 Å². The molecular weight excluding hydrogens is 295 g/mol. The first-order chi connectivity index (χ1) is 9.61. The summed E-state index contributed by atoms with van der Waals surface area (Å²) in [7, 11) is 0. The van der Waals surface area contributed by atoms with Gasteiger partial charge in [0.05, 0.1) is 34.6 Å². The van der Waals surface area contributed by atoms with Gasteiger partial charge in [0, 0.05) is 6.07 Å². The lowest BCUT2D eigenvalue weighted by Crippen LogP contribution is -2.07. The summed E-state index contributed by atoms with van der Waals surface area (Å²) in [6, 6.07) is 9.40. The zero-order valence-corrected chi connectivity index (χ0v) is 12.9. The highest BCUT2D eigenvalue weighted by molar-refractivity contribution is 6.42. The van der Waals surface area contributed by atoms with Crippen LogP contribution in [-0.2, 0) is 0 Å². The second kappa shape index (κ2) is 6.82. The smallest absolute Gasteiger partial charge is 0.213 e. The lowest BCUT2D eigenvalue weighted by Gasteiger charge is -2.17. The van der Waals surface area contributed by atoms with Crippen LogP contribution in [0.4, 0.5) is 5.69 Å². The molecule has 2 rings (SSSR count). The number of nitrogens with one attached hydrogen (secondary N) is 1. The summed E-state index contributed by atoms with van der Waals surface area (Å²) in [6.07, 6.45) is 1.74. The first-order valence-electron chi connectivity index (χ1n) is 6.41. The number of anilines is 1. The molecule has 2 aromatic rings. The molecule has 1 N–H and O–H groups in total. The second-order valence-electron chi connectivity index (χ2n) is 4.33. The minimum absolute atomic E-state index is 0.0287. The third-order valence-electron chi connectivity index (χ3n) is 2.86. The minimum Gasteiger partial charge on any atom is -0.478 e. The van der Waals surface area contributed by atoms with E-state index in [0.29, 0.717) is 22.5 Å². The number of pyridine rings is 1. The van der Waals surface area contributed by atoms with Gasteiger partial charge in [0.25, 0.3) is 0 Å². The van der Waals surface area contributed by atoms with E-state index in [-0.39, 0.29) is 6.04 Å². The summed E-state index contributed by atoms with van der Waals surface area (Å²) in [5.41, 5.74) is 1.85. The molecule has 106 valence electrons. The Morgan fingerprint density at radius 1 is 1.25 bits per heavy atom. The van der Waals surface area contributed by atoms with Crippen molar-refractivity contribution in [1.82, 2.24) is 4.98 Å².